The third-order valence-corrected chi connectivity index (χ3v) is 14.0. The number of carbonyl (C=O) groups is 2. The first kappa shape index (κ1) is 28.0. The molecule has 6 heteroatoms. The molecule has 220 valence electrons. The number of nitrogens with zero attached hydrogens (tertiary/aromatic N) is 2. The van der Waals surface area contributed by atoms with Gasteiger partial charge in [0.1, 0.15) is 12.1 Å². The summed E-state index contributed by atoms with van der Waals surface area (Å²) in [7, 11) is 4.90. The number of rotatable bonds is 4. The van der Waals surface area contributed by atoms with Gasteiger partial charge in [-0.15, -0.1) is 0 Å². The van der Waals surface area contributed by atoms with Crippen LogP contribution in [0.1, 0.15) is 98.3 Å². The van der Waals surface area contributed by atoms with Gasteiger partial charge in [-0.25, -0.2) is 0 Å². The van der Waals surface area contributed by atoms with Gasteiger partial charge in [0.25, 0.3) is 0 Å². The van der Waals surface area contributed by atoms with Crippen LogP contribution < -0.4 is 0 Å². The summed E-state index contributed by atoms with van der Waals surface area (Å²) in [5.41, 5.74) is 0.392. The summed E-state index contributed by atoms with van der Waals surface area (Å²) in [4.78, 5) is 24.6. The maximum absolute atomic E-state index is 12.4. The highest BCUT2D eigenvalue weighted by atomic mass is 16.5. The largest absolute Gasteiger partial charge is 0.456 e. The number of quaternary nitrogens is 2. The molecular weight excluding hydrogens is 488 g/mol. The van der Waals surface area contributed by atoms with Gasteiger partial charge in [0, 0.05) is 57.8 Å². The molecule has 0 unspecified atom stereocenters. The van der Waals surface area contributed by atoms with E-state index >= 15 is 0 Å². The average molecular weight is 545 g/mol. The van der Waals surface area contributed by atoms with E-state index < -0.39 is 0 Å². The smallest absolute Gasteiger partial charge is 0.303 e. The Balaban J connectivity index is 1.31. The predicted molar refractivity (Wildman–Crippen MR) is 151 cm³/mol. The maximum atomic E-state index is 12.4. The average Bonchev–Trinajstić information content (AvgIpc) is 3.57. The first-order chi connectivity index (χ1) is 18.4. The van der Waals surface area contributed by atoms with E-state index in [1.807, 2.05) is 0 Å². The number of esters is 2. The second-order valence-corrected chi connectivity index (χ2v) is 16.0. The van der Waals surface area contributed by atoms with E-state index in [4.69, 9.17) is 9.47 Å². The molecule has 6 nitrogen and oxygen atoms in total. The Kier molecular flexibility index (Phi) is 6.97. The molecule has 2 saturated heterocycles. The molecule has 6 rings (SSSR count). The summed E-state index contributed by atoms with van der Waals surface area (Å²) in [6, 6.07) is 0.862. The van der Waals surface area contributed by atoms with E-state index in [-0.39, 0.29) is 29.6 Å². The maximum Gasteiger partial charge on any atom is 0.303 e. The number of fused-ring (bicyclic) bond motifs is 5. The quantitative estimate of drug-likeness (QED) is 0.355. The molecule has 6 aliphatic rings. The molecule has 2 heterocycles. The Morgan fingerprint density at radius 3 is 1.90 bits per heavy atom. The molecule has 0 aromatic rings. The van der Waals surface area contributed by atoms with Crippen LogP contribution in [0.15, 0.2) is 0 Å². The van der Waals surface area contributed by atoms with Crippen molar-refractivity contribution in [2.75, 3.05) is 40.3 Å². The number of hydrogen-bond acceptors (Lipinski definition) is 4. The predicted octanol–water partition coefficient (Wildman–Crippen LogP) is 5.33. The van der Waals surface area contributed by atoms with E-state index in [1.54, 1.807) is 13.8 Å². The highest BCUT2D eigenvalue weighted by Crippen LogP contribution is 2.68. The second-order valence-electron chi connectivity index (χ2n) is 16.0. The van der Waals surface area contributed by atoms with Crippen molar-refractivity contribution in [3.63, 3.8) is 0 Å². The molecule has 0 bridgehead atoms. The number of carbonyl (C=O) groups excluding carboxylic acids is 2. The first-order valence-electron chi connectivity index (χ1n) is 16.4. The van der Waals surface area contributed by atoms with Gasteiger partial charge in [-0.05, 0) is 61.2 Å². The lowest BCUT2D eigenvalue weighted by Gasteiger charge is -2.62. The van der Waals surface area contributed by atoms with E-state index in [2.05, 4.69) is 27.9 Å². The van der Waals surface area contributed by atoms with Crippen LogP contribution in [-0.2, 0) is 19.1 Å². The molecule has 0 amide bonds. The van der Waals surface area contributed by atoms with Gasteiger partial charge in [-0.3, -0.25) is 9.59 Å². The number of likely N-dealkylation sites (tertiary alicyclic amines) is 2. The fourth-order valence-corrected chi connectivity index (χ4v) is 11.9. The molecule has 0 aromatic heterocycles. The fourth-order valence-electron chi connectivity index (χ4n) is 11.9. The third kappa shape index (κ3) is 4.40. The van der Waals surface area contributed by atoms with Crippen LogP contribution in [0.25, 0.3) is 0 Å². The van der Waals surface area contributed by atoms with Gasteiger partial charge < -0.3 is 18.4 Å². The zero-order chi connectivity index (χ0) is 27.8. The van der Waals surface area contributed by atoms with Gasteiger partial charge >= 0.3 is 11.9 Å². The van der Waals surface area contributed by atoms with Crippen molar-refractivity contribution in [1.29, 1.82) is 0 Å². The molecule has 6 fully saturated rings. The SMILES string of the molecule is CC(=O)O[C@H]1C[C@@H]2CC[C@@H]3[C@H](CC[C@]4(C)[C@H](OC(C)=O)[C@@H]([N+]5(C)CCCC5)C[C@@H]34)[C@@]2(C)C[C@@H]1[N+]1(C)CCCC1. The lowest BCUT2D eigenvalue weighted by atomic mass is 9.44. The molecule has 0 radical (unpaired) electrons. The summed E-state index contributed by atoms with van der Waals surface area (Å²) in [5, 5.41) is 0. The highest BCUT2D eigenvalue weighted by molar-refractivity contribution is 5.66. The highest BCUT2D eigenvalue weighted by Gasteiger charge is 2.68. The van der Waals surface area contributed by atoms with Crippen LogP contribution in [-0.4, -0.2) is 85.5 Å². The van der Waals surface area contributed by atoms with Crippen molar-refractivity contribution in [3.8, 4) is 0 Å². The minimum Gasteiger partial charge on any atom is -0.456 e. The van der Waals surface area contributed by atoms with E-state index in [0.717, 1.165) is 27.2 Å². The van der Waals surface area contributed by atoms with Gasteiger partial charge in [0.2, 0.25) is 0 Å². The van der Waals surface area contributed by atoms with Crippen LogP contribution in [0.3, 0.4) is 0 Å². The minimum atomic E-state index is -0.103. The normalized spacial score (nSPS) is 48.1. The summed E-state index contributed by atoms with van der Waals surface area (Å²) < 4.78 is 14.6. The van der Waals surface area contributed by atoms with Crippen molar-refractivity contribution in [3.05, 3.63) is 0 Å². The second kappa shape index (κ2) is 9.71. The lowest BCUT2D eigenvalue weighted by molar-refractivity contribution is -0.927. The van der Waals surface area contributed by atoms with E-state index in [1.165, 1.54) is 90.4 Å². The molecular formula is C33H56N2O4+2. The van der Waals surface area contributed by atoms with Crippen molar-refractivity contribution in [1.82, 2.24) is 0 Å². The van der Waals surface area contributed by atoms with Gasteiger partial charge in [-0.1, -0.05) is 13.8 Å². The zero-order valence-corrected chi connectivity index (χ0v) is 25.8. The van der Waals surface area contributed by atoms with Gasteiger partial charge in [0.05, 0.1) is 40.3 Å². The Morgan fingerprint density at radius 1 is 0.718 bits per heavy atom. The van der Waals surface area contributed by atoms with Crippen LogP contribution in [0, 0.1) is 34.5 Å². The monoisotopic (exact) mass is 544 g/mol. The summed E-state index contributed by atoms with van der Waals surface area (Å²) in [6.45, 7) is 13.3. The zero-order valence-electron chi connectivity index (χ0n) is 25.8. The van der Waals surface area contributed by atoms with Crippen LogP contribution >= 0.6 is 0 Å². The van der Waals surface area contributed by atoms with Crippen molar-refractivity contribution in [2.24, 2.45) is 34.5 Å². The molecule has 0 N–H and O–H groups in total. The summed E-state index contributed by atoms with van der Waals surface area (Å²) >= 11 is 0. The van der Waals surface area contributed by atoms with Gasteiger partial charge in [0.15, 0.2) is 12.2 Å². The van der Waals surface area contributed by atoms with Crippen molar-refractivity contribution >= 4 is 11.9 Å². The van der Waals surface area contributed by atoms with Crippen LogP contribution in [0.4, 0.5) is 0 Å². The van der Waals surface area contributed by atoms with E-state index in [9.17, 15) is 9.59 Å². The topological polar surface area (TPSA) is 52.6 Å². The Labute approximate surface area is 237 Å². The van der Waals surface area contributed by atoms with E-state index in [0.29, 0.717) is 29.3 Å². The Morgan fingerprint density at radius 2 is 1.31 bits per heavy atom. The molecule has 39 heavy (non-hydrogen) atoms. The van der Waals surface area contributed by atoms with Gasteiger partial charge in [-0.2, -0.15) is 0 Å². The fraction of sp³-hybridized carbons (Fsp3) is 0.939. The number of ether oxygens (including phenoxy) is 2. The Hall–Kier alpha value is -1.14. The molecule has 10 atom stereocenters. The number of likely N-dealkylation sites (N-methyl/N-ethyl adjacent to an activating group) is 2. The summed E-state index contributed by atoms with van der Waals surface area (Å²) in [5.74, 6) is 2.53. The minimum absolute atomic E-state index is 0.0519. The Bertz CT molecular complexity index is 971. The molecule has 0 spiro atoms. The van der Waals surface area contributed by atoms with Crippen LogP contribution in [0.2, 0.25) is 0 Å². The lowest BCUT2D eigenvalue weighted by Crippen LogP contribution is -2.64. The molecule has 4 aliphatic carbocycles. The van der Waals surface area contributed by atoms with Crippen molar-refractivity contribution in [2.45, 2.75) is 123 Å². The number of hydrogen-bond donors (Lipinski definition) is 0. The summed E-state index contributed by atoms with van der Waals surface area (Å²) in [6.07, 6.45) is 13.8. The molecule has 0 aromatic carbocycles. The molecule has 4 saturated carbocycles. The standard InChI is InChI=1S/C33H56N2O4/c1-22(36)38-30-19-24-11-12-25-26(33(24,4)21-29(30)35(6)17-9-10-18-35)13-14-32(3)27(25)20-28(31(32)39-23(2)37)34(5)15-7-8-16-34/h24-31H,7-21H2,1-6H3/q+2/t24-,25+,26-,27-,28-,29-,30-,31+,32-,33-/m0/s1. The van der Waals surface area contributed by atoms with Crippen molar-refractivity contribution < 1.29 is 28.0 Å². The van der Waals surface area contributed by atoms with Crippen LogP contribution in [0.5, 0.6) is 0 Å². The first-order valence-corrected chi connectivity index (χ1v) is 16.4. The third-order valence-electron chi connectivity index (χ3n) is 14.0. The molecule has 2 aliphatic heterocycles.